The summed E-state index contributed by atoms with van der Waals surface area (Å²) < 4.78 is 0. The Bertz CT molecular complexity index is 1000. The number of fused-ring (bicyclic) bond motifs is 1. The largest absolute Gasteiger partial charge is 0.355 e. The molecule has 0 aromatic heterocycles. The van der Waals surface area contributed by atoms with E-state index in [-0.39, 0.29) is 43.1 Å². The van der Waals surface area contributed by atoms with Crippen LogP contribution in [0.25, 0.3) is 0 Å². The number of carbonyl (C=O) groups excluding carboxylic acids is 4. The first-order valence-electron chi connectivity index (χ1n) is 10.6. The summed E-state index contributed by atoms with van der Waals surface area (Å²) >= 11 is 6.27. The van der Waals surface area contributed by atoms with Crippen LogP contribution in [0.3, 0.4) is 0 Å². The van der Waals surface area contributed by atoms with Crippen LogP contribution in [-0.2, 0) is 16.1 Å². The van der Waals surface area contributed by atoms with Crippen molar-refractivity contribution in [3.8, 4) is 0 Å². The summed E-state index contributed by atoms with van der Waals surface area (Å²) in [6.45, 7) is 4.26. The third kappa shape index (κ3) is 4.99. The summed E-state index contributed by atoms with van der Waals surface area (Å²) in [5.41, 5.74) is 1.50. The number of likely N-dealkylation sites (N-methyl/N-ethyl adjacent to an activating group) is 1. The van der Waals surface area contributed by atoms with Gasteiger partial charge in [0.25, 0.3) is 11.8 Å². The fourth-order valence-electron chi connectivity index (χ4n) is 3.69. The molecule has 3 rings (SSSR count). The van der Waals surface area contributed by atoms with Gasteiger partial charge < -0.3 is 10.2 Å². The molecule has 2 aromatic rings. The third-order valence-corrected chi connectivity index (χ3v) is 5.84. The highest BCUT2D eigenvalue weighted by molar-refractivity contribution is 6.31. The number of hydrogen-bond donors (Lipinski definition) is 1. The number of nitrogens with zero attached hydrogens (tertiary/aromatic N) is 2. The number of imide groups is 1. The average Bonchev–Trinajstić information content (AvgIpc) is 3.03. The molecule has 8 heteroatoms. The normalized spacial score (nSPS) is 13.7. The van der Waals surface area contributed by atoms with Crippen LogP contribution in [-0.4, -0.2) is 52.6 Å². The van der Waals surface area contributed by atoms with E-state index in [4.69, 9.17) is 11.6 Å². The molecule has 32 heavy (non-hydrogen) atoms. The van der Waals surface area contributed by atoms with Gasteiger partial charge in [0, 0.05) is 31.1 Å². The molecule has 1 heterocycles. The number of nitrogens with one attached hydrogen (secondary N) is 1. The van der Waals surface area contributed by atoms with Gasteiger partial charge in [-0.1, -0.05) is 41.9 Å². The van der Waals surface area contributed by atoms with E-state index in [2.05, 4.69) is 5.32 Å². The minimum Gasteiger partial charge on any atom is -0.355 e. The molecule has 1 N–H and O–H groups in total. The molecular formula is C24H26ClN3O4. The number of rotatable bonds is 9. The number of benzene rings is 2. The topological polar surface area (TPSA) is 86.8 Å². The number of carbonyl (C=O) groups is 4. The zero-order valence-electron chi connectivity index (χ0n) is 18.1. The van der Waals surface area contributed by atoms with Gasteiger partial charge >= 0.3 is 0 Å². The maximum atomic E-state index is 13.1. The maximum Gasteiger partial charge on any atom is 0.261 e. The summed E-state index contributed by atoms with van der Waals surface area (Å²) in [6.07, 6.45) is 0.382. The first kappa shape index (κ1) is 23.5. The molecule has 0 fully saturated rings. The molecular weight excluding hydrogens is 430 g/mol. The van der Waals surface area contributed by atoms with Crippen molar-refractivity contribution in [3.63, 3.8) is 0 Å². The SMILES string of the molecule is CCNC(=O)[C@H](C)N(Cc1ccccc1Cl)C(=O)CCCN1C(=O)c2ccccc2C1=O. The Labute approximate surface area is 192 Å². The van der Waals surface area contributed by atoms with Crippen molar-refractivity contribution in [3.05, 3.63) is 70.2 Å². The number of hydrogen-bond acceptors (Lipinski definition) is 4. The molecule has 2 aromatic carbocycles. The molecule has 1 aliphatic heterocycles. The molecule has 0 saturated heterocycles. The Morgan fingerprint density at radius 2 is 1.62 bits per heavy atom. The third-order valence-electron chi connectivity index (χ3n) is 5.47. The van der Waals surface area contributed by atoms with Crippen LogP contribution < -0.4 is 5.32 Å². The molecule has 0 saturated carbocycles. The summed E-state index contributed by atoms with van der Waals surface area (Å²) in [6, 6.07) is 13.2. The van der Waals surface area contributed by atoms with Gasteiger partial charge in [0.2, 0.25) is 11.8 Å². The average molecular weight is 456 g/mol. The van der Waals surface area contributed by atoms with Gasteiger partial charge in [0.15, 0.2) is 0 Å². The van der Waals surface area contributed by atoms with Crippen molar-refractivity contribution < 1.29 is 19.2 Å². The van der Waals surface area contributed by atoms with Gasteiger partial charge in [-0.2, -0.15) is 0 Å². The van der Waals surface area contributed by atoms with Crippen LogP contribution in [0, 0.1) is 0 Å². The van der Waals surface area contributed by atoms with Crippen molar-refractivity contribution in [1.82, 2.24) is 15.1 Å². The second kappa shape index (κ2) is 10.4. The van der Waals surface area contributed by atoms with E-state index in [1.54, 1.807) is 43.3 Å². The summed E-state index contributed by atoms with van der Waals surface area (Å²) in [5, 5.41) is 3.25. The van der Waals surface area contributed by atoms with E-state index >= 15 is 0 Å². The van der Waals surface area contributed by atoms with Crippen molar-refractivity contribution in [2.75, 3.05) is 13.1 Å². The lowest BCUT2D eigenvalue weighted by Gasteiger charge is -2.29. The smallest absolute Gasteiger partial charge is 0.261 e. The first-order valence-corrected chi connectivity index (χ1v) is 11.0. The van der Waals surface area contributed by atoms with Gasteiger partial charge in [-0.25, -0.2) is 0 Å². The fraction of sp³-hybridized carbons (Fsp3) is 0.333. The van der Waals surface area contributed by atoms with Crippen LogP contribution >= 0.6 is 11.6 Å². The standard InChI is InChI=1S/C24H26ClN3O4/c1-3-26-22(30)16(2)28(15-17-9-4-7-12-20(17)25)21(29)13-8-14-27-23(31)18-10-5-6-11-19(18)24(27)32/h4-7,9-12,16H,3,8,13-15H2,1-2H3,(H,26,30)/t16-/m0/s1. The molecule has 0 unspecified atom stereocenters. The number of amides is 4. The zero-order chi connectivity index (χ0) is 23.3. The fourth-order valence-corrected chi connectivity index (χ4v) is 3.88. The highest BCUT2D eigenvalue weighted by Gasteiger charge is 2.35. The van der Waals surface area contributed by atoms with Crippen LogP contribution in [0.2, 0.25) is 5.02 Å². The van der Waals surface area contributed by atoms with E-state index in [1.165, 1.54) is 9.80 Å². The van der Waals surface area contributed by atoms with Crippen molar-refractivity contribution in [2.45, 2.75) is 39.3 Å². The van der Waals surface area contributed by atoms with Crippen LogP contribution in [0.15, 0.2) is 48.5 Å². The van der Waals surface area contributed by atoms with Gasteiger partial charge in [-0.15, -0.1) is 0 Å². The van der Waals surface area contributed by atoms with Crippen molar-refractivity contribution in [2.24, 2.45) is 0 Å². The van der Waals surface area contributed by atoms with E-state index in [9.17, 15) is 19.2 Å². The summed E-state index contributed by atoms with van der Waals surface area (Å²) in [7, 11) is 0. The molecule has 0 spiro atoms. The van der Waals surface area contributed by atoms with Gasteiger partial charge in [0.1, 0.15) is 6.04 Å². The monoisotopic (exact) mass is 455 g/mol. The second-order valence-corrected chi connectivity index (χ2v) is 8.00. The molecule has 168 valence electrons. The quantitative estimate of drug-likeness (QED) is 0.588. The Balaban J connectivity index is 1.67. The lowest BCUT2D eigenvalue weighted by atomic mass is 10.1. The number of halogens is 1. The van der Waals surface area contributed by atoms with Crippen molar-refractivity contribution >= 4 is 35.2 Å². The van der Waals surface area contributed by atoms with Crippen molar-refractivity contribution in [1.29, 1.82) is 0 Å². The summed E-state index contributed by atoms with van der Waals surface area (Å²) in [4.78, 5) is 53.2. The Hall–Kier alpha value is -3.19. The van der Waals surface area contributed by atoms with Gasteiger partial charge in [-0.05, 0) is 44.0 Å². The second-order valence-electron chi connectivity index (χ2n) is 7.59. The predicted molar refractivity (Wildman–Crippen MR) is 121 cm³/mol. The van der Waals surface area contributed by atoms with Crippen LogP contribution in [0.1, 0.15) is 53.0 Å². The minimum absolute atomic E-state index is 0.0849. The molecule has 0 bridgehead atoms. The first-order chi connectivity index (χ1) is 15.3. The molecule has 1 atom stereocenters. The Kier molecular flexibility index (Phi) is 7.64. The van der Waals surface area contributed by atoms with E-state index in [1.807, 2.05) is 19.1 Å². The zero-order valence-corrected chi connectivity index (χ0v) is 18.9. The highest BCUT2D eigenvalue weighted by Crippen LogP contribution is 2.23. The summed E-state index contributed by atoms with van der Waals surface area (Å²) in [5.74, 6) is -1.20. The van der Waals surface area contributed by atoms with E-state index < -0.39 is 6.04 Å². The Morgan fingerprint density at radius 1 is 1.03 bits per heavy atom. The molecule has 4 amide bonds. The molecule has 1 aliphatic rings. The van der Waals surface area contributed by atoms with Crippen LogP contribution in [0.5, 0.6) is 0 Å². The van der Waals surface area contributed by atoms with Gasteiger partial charge in [0.05, 0.1) is 11.1 Å². The maximum absolute atomic E-state index is 13.1. The Morgan fingerprint density at radius 3 is 2.22 bits per heavy atom. The predicted octanol–water partition coefficient (Wildman–Crippen LogP) is 3.27. The lowest BCUT2D eigenvalue weighted by Crippen LogP contribution is -2.47. The van der Waals surface area contributed by atoms with Crippen LogP contribution in [0.4, 0.5) is 0 Å². The molecule has 7 nitrogen and oxygen atoms in total. The lowest BCUT2D eigenvalue weighted by molar-refractivity contribution is -0.140. The van der Waals surface area contributed by atoms with E-state index in [0.717, 1.165) is 5.56 Å². The molecule has 0 aliphatic carbocycles. The molecule has 0 radical (unpaired) electrons. The van der Waals surface area contributed by atoms with Gasteiger partial charge in [-0.3, -0.25) is 24.1 Å². The van der Waals surface area contributed by atoms with E-state index in [0.29, 0.717) is 29.1 Å². The minimum atomic E-state index is -0.696. The highest BCUT2D eigenvalue weighted by atomic mass is 35.5.